The van der Waals surface area contributed by atoms with Crippen molar-refractivity contribution in [3.63, 3.8) is 0 Å². The third-order valence-corrected chi connectivity index (χ3v) is 157. The fraction of sp³-hybridized carbons (Fsp3) is 0. The molecule has 24 heteroatoms. The fourth-order valence-corrected chi connectivity index (χ4v) is 290. The first-order valence-corrected chi connectivity index (χ1v) is 48.2. The Hall–Kier alpha value is 10.3. The quantitative estimate of drug-likeness (QED) is 0.194. The predicted molar refractivity (Wildman–Crippen MR) is 202 cm³/mol. The normalized spacial score (nSPS) is 16.2. The lowest BCUT2D eigenvalue weighted by Gasteiger charge is -2.48. The highest BCUT2D eigenvalue weighted by molar-refractivity contribution is 9.39. The van der Waals surface area contributed by atoms with E-state index in [1.165, 1.54) is 0 Å². The predicted octanol–water partition coefficient (Wildman–Crippen LogP) is 13.7. The Balaban J connectivity index is 6.24. The molecule has 0 radical (unpaired) electrons. The van der Waals surface area contributed by atoms with E-state index < -0.39 is 0 Å². The maximum absolute atomic E-state index is 3.33. The second kappa shape index (κ2) is 18.5. The molecule has 0 aromatic heterocycles. The molecule has 0 amide bonds. The molecule has 0 aliphatic rings. The van der Waals surface area contributed by atoms with Crippen LogP contribution in [0.4, 0.5) is 0 Å². The summed E-state index contributed by atoms with van der Waals surface area (Å²) in [6, 6.07) is 0. The minimum absolute atomic E-state index is 0.00181. The molecule has 0 bridgehead atoms. The van der Waals surface area contributed by atoms with Crippen molar-refractivity contribution in [3.8, 4) is 0 Å². The van der Waals surface area contributed by atoms with E-state index >= 15 is 0 Å². The zero-order valence-corrected chi connectivity index (χ0v) is 37.3. The summed E-state index contributed by atoms with van der Waals surface area (Å²) in [4.78, 5) is 0. The van der Waals surface area contributed by atoms with Crippen LogP contribution in [0.25, 0.3) is 0 Å². The van der Waals surface area contributed by atoms with Crippen LogP contribution in [-0.2, 0) is 0 Å². The van der Waals surface area contributed by atoms with Crippen molar-refractivity contribution in [3.05, 3.63) is 0 Å². The Morgan fingerprint density at radius 2 is 0.500 bits per heavy atom. The van der Waals surface area contributed by atoms with E-state index in [1.54, 1.807) is 0 Å². The van der Waals surface area contributed by atoms with Crippen molar-refractivity contribution < 1.29 is 0 Å². The summed E-state index contributed by atoms with van der Waals surface area (Å²) in [5, 5.41) is 0. The van der Waals surface area contributed by atoms with Gasteiger partial charge in [-0.05, 0) is 76.9 Å². The smallest absolute Gasteiger partial charge is 0.000465 e. The SMILES string of the molecule is PP(P)P(P)P(P(P)P)P(P(P(P)P)P(P)P)P(P(P)P)P(P)P. The van der Waals surface area contributed by atoms with E-state index in [0.717, 1.165) is 0 Å². The standard InChI is InChI=1S/H26P24/c1-14(2)20(13)23(19(11)12)24(21(15(3)4)16(5)6)22(17(7)8)18(9)10/h1-13H2. The van der Waals surface area contributed by atoms with Gasteiger partial charge in [-0.25, -0.2) is 0 Å². The van der Waals surface area contributed by atoms with E-state index in [2.05, 4.69) is 116 Å². The summed E-state index contributed by atoms with van der Waals surface area (Å²) in [5.74, 6) is 0. The topological polar surface area (TPSA) is 0 Å². The van der Waals surface area contributed by atoms with E-state index in [0.29, 0.717) is 0 Å². The lowest BCUT2D eigenvalue weighted by molar-refractivity contribution is 4.46. The molecule has 0 aromatic carbocycles. The van der Waals surface area contributed by atoms with E-state index in [4.69, 9.17) is 0 Å². The summed E-state index contributed by atoms with van der Waals surface area (Å²) in [6.45, 7) is 0.374. The lowest BCUT2D eigenvalue weighted by Crippen LogP contribution is -1.60. The monoisotopic (exact) mass is 770 g/mol. The van der Waals surface area contributed by atoms with Crippen molar-refractivity contribution in [2.24, 2.45) is 0 Å². The molecule has 15 atom stereocenters. The molecule has 15 unspecified atom stereocenters. The highest BCUT2D eigenvalue weighted by Crippen LogP contribution is 3.34. The molecule has 0 rings (SSSR count). The Bertz CT molecular complexity index is 285. The average Bonchev–Trinajstić information content (AvgIpc) is 2.35. The average molecular weight is 770 g/mol. The molecule has 0 N–H and O–H groups in total. The van der Waals surface area contributed by atoms with Crippen LogP contribution >= 0.6 is 193 Å². The second-order valence-corrected chi connectivity index (χ2v) is 99.2. The van der Waals surface area contributed by atoms with E-state index in [9.17, 15) is 0 Å². The molecule has 0 saturated carbocycles. The molecule has 146 valence electrons. The third kappa shape index (κ3) is 12.5. The molecule has 0 fully saturated rings. The van der Waals surface area contributed by atoms with Gasteiger partial charge in [-0.3, -0.25) is 0 Å². The highest BCUT2D eigenvalue weighted by atomic mass is 33.4. The van der Waals surface area contributed by atoms with Crippen LogP contribution < -0.4 is 0 Å². The van der Waals surface area contributed by atoms with Crippen molar-refractivity contribution >= 4 is 193 Å². The summed E-state index contributed by atoms with van der Waals surface area (Å²) in [5.41, 5.74) is 0. The van der Waals surface area contributed by atoms with Gasteiger partial charge < -0.3 is 0 Å². The van der Waals surface area contributed by atoms with Crippen molar-refractivity contribution in [2.75, 3.05) is 0 Å². The Labute approximate surface area is 191 Å². The van der Waals surface area contributed by atoms with Gasteiger partial charge in [-0.2, -0.15) is 0 Å². The van der Waals surface area contributed by atoms with Crippen LogP contribution in [0, 0.1) is 0 Å². The third-order valence-electron chi connectivity index (χ3n) is 1.93. The van der Waals surface area contributed by atoms with Crippen LogP contribution in [0.1, 0.15) is 0 Å². The number of hydrogen-bond acceptors (Lipinski definition) is 0. The largest absolute Gasteiger partial charge is 0.102 e. The second-order valence-electron chi connectivity index (χ2n) is 3.67. The van der Waals surface area contributed by atoms with Gasteiger partial charge in [0.05, 0.1) is 0 Å². The van der Waals surface area contributed by atoms with Gasteiger partial charge in [0.15, 0.2) is 0 Å². The molecule has 0 aliphatic heterocycles. The van der Waals surface area contributed by atoms with Gasteiger partial charge in [0, 0.05) is 0 Å². The minimum atomic E-state index is -0.0148. The molecule has 24 heavy (non-hydrogen) atoms. The number of rotatable bonds is 10. The molecular weight excluding hydrogens is 743 g/mol. The summed E-state index contributed by atoms with van der Waals surface area (Å²) >= 11 is 0. The van der Waals surface area contributed by atoms with Crippen LogP contribution in [0.3, 0.4) is 0 Å². The van der Waals surface area contributed by atoms with Crippen LogP contribution in [-0.4, -0.2) is 0 Å². The Morgan fingerprint density at radius 3 is 0.667 bits per heavy atom. The Kier molecular flexibility index (Phi) is 26.5. The fourth-order valence-electron chi connectivity index (χ4n) is 1.20. The zero-order chi connectivity index (χ0) is 19.4. The molecule has 0 saturated heterocycles. The molecule has 0 spiro atoms. The van der Waals surface area contributed by atoms with Gasteiger partial charge in [-0.1, -0.05) is 0 Å². The molecular formula is H26P24. The van der Waals surface area contributed by atoms with Gasteiger partial charge in [0.2, 0.25) is 0 Å². The van der Waals surface area contributed by atoms with Crippen LogP contribution in [0.5, 0.6) is 0 Å². The Morgan fingerprint density at radius 1 is 0.250 bits per heavy atom. The van der Waals surface area contributed by atoms with Crippen molar-refractivity contribution in [1.29, 1.82) is 0 Å². The first-order valence-electron chi connectivity index (χ1n) is 5.36. The minimum Gasteiger partial charge on any atom is -0.102 e. The first-order chi connectivity index (χ1) is 10.8. The van der Waals surface area contributed by atoms with Gasteiger partial charge in [0.25, 0.3) is 0 Å². The first kappa shape index (κ1) is 34.3. The van der Waals surface area contributed by atoms with Gasteiger partial charge in [0.1, 0.15) is 0 Å². The maximum Gasteiger partial charge on any atom is -0.000465 e. The zero-order valence-electron chi connectivity index (χ0n) is 12.4. The van der Waals surface area contributed by atoms with Crippen LogP contribution in [0.2, 0.25) is 0 Å². The molecule has 0 aromatic rings. The maximum atomic E-state index is 3.33. The molecule has 0 heterocycles. The molecule has 0 aliphatic carbocycles. The van der Waals surface area contributed by atoms with Crippen LogP contribution in [0.15, 0.2) is 0 Å². The summed E-state index contributed by atoms with van der Waals surface area (Å²) in [7, 11) is 41.8. The van der Waals surface area contributed by atoms with E-state index in [-0.39, 0.29) is 76.9 Å². The van der Waals surface area contributed by atoms with Gasteiger partial charge in [-0.15, -0.1) is 116 Å². The highest BCUT2D eigenvalue weighted by Gasteiger charge is 2.45. The lowest BCUT2D eigenvalue weighted by atomic mass is 28.5. The summed E-state index contributed by atoms with van der Waals surface area (Å²) in [6.07, 6.45) is 0. The van der Waals surface area contributed by atoms with E-state index in [1.807, 2.05) is 0 Å². The van der Waals surface area contributed by atoms with Crippen molar-refractivity contribution in [2.45, 2.75) is 0 Å². The number of hydrogen-bond donors (Lipinski definition) is 0. The van der Waals surface area contributed by atoms with Crippen molar-refractivity contribution in [1.82, 2.24) is 0 Å². The molecule has 0 nitrogen and oxygen atoms in total. The summed E-state index contributed by atoms with van der Waals surface area (Å²) < 4.78 is 0. The van der Waals surface area contributed by atoms with Gasteiger partial charge >= 0.3 is 0 Å².